The topological polar surface area (TPSA) is 54.9 Å². The minimum atomic E-state index is 0.317. The summed E-state index contributed by atoms with van der Waals surface area (Å²) in [6.45, 7) is 6.18. The maximum atomic E-state index is 5.72. The average Bonchev–Trinajstić information content (AvgIpc) is 3.05. The molecule has 26 heavy (non-hydrogen) atoms. The van der Waals surface area contributed by atoms with E-state index in [0.717, 1.165) is 23.7 Å². The Balaban J connectivity index is 1.65. The summed E-state index contributed by atoms with van der Waals surface area (Å²) in [5, 5.41) is 6.71. The average molecular weight is 376 g/mol. The maximum Gasteiger partial charge on any atom is 0.191 e. The maximum absolute atomic E-state index is 5.72. The zero-order chi connectivity index (χ0) is 18.8. The Morgan fingerprint density at radius 3 is 2.81 bits per heavy atom. The highest BCUT2D eigenvalue weighted by Gasteiger charge is 2.07. The van der Waals surface area contributed by atoms with Crippen LogP contribution < -0.4 is 15.4 Å². The number of methoxy groups -OCH3 is 1. The minimum absolute atomic E-state index is 0.317. The molecule has 0 spiro atoms. The second-order valence-corrected chi connectivity index (χ2v) is 7.54. The Kier molecular flexibility index (Phi) is 8.44. The first-order chi connectivity index (χ1) is 12.6. The lowest BCUT2D eigenvalue weighted by Crippen LogP contribution is -2.44. The van der Waals surface area contributed by atoms with Gasteiger partial charge in [-0.15, -0.1) is 11.3 Å². The second-order valence-electron chi connectivity index (χ2n) is 6.16. The fourth-order valence-electron chi connectivity index (χ4n) is 2.57. The van der Waals surface area contributed by atoms with Crippen molar-refractivity contribution in [3.63, 3.8) is 0 Å². The summed E-state index contributed by atoms with van der Waals surface area (Å²) < 4.78 is 10.9. The first-order valence-corrected chi connectivity index (χ1v) is 9.65. The number of thiophene rings is 1. The molecule has 1 atom stereocenters. The fraction of sp³-hybridized carbons (Fsp3) is 0.450. The van der Waals surface area contributed by atoms with Gasteiger partial charge in [-0.05, 0) is 43.7 Å². The molecule has 0 fully saturated rings. The van der Waals surface area contributed by atoms with Gasteiger partial charge in [0.1, 0.15) is 5.75 Å². The Hall–Kier alpha value is -2.05. The van der Waals surface area contributed by atoms with Gasteiger partial charge in [0.2, 0.25) is 0 Å². The normalized spacial score (nSPS) is 12.7. The third kappa shape index (κ3) is 7.06. The van der Waals surface area contributed by atoms with Gasteiger partial charge < -0.3 is 20.1 Å². The summed E-state index contributed by atoms with van der Waals surface area (Å²) in [6, 6.07) is 12.6. The number of aliphatic imine (C=N–C) groups is 1. The summed E-state index contributed by atoms with van der Waals surface area (Å²) in [4.78, 5) is 7.02. The van der Waals surface area contributed by atoms with Gasteiger partial charge >= 0.3 is 0 Å². The van der Waals surface area contributed by atoms with Gasteiger partial charge in [0.25, 0.3) is 0 Å². The van der Waals surface area contributed by atoms with Gasteiger partial charge in [0.15, 0.2) is 5.96 Å². The van der Waals surface area contributed by atoms with Gasteiger partial charge in [-0.2, -0.15) is 0 Å². The van der Waals surface area contributed by atoms with Crippen molar-refractivity contribution in [2.75, 3.05) is 27.3 Å². The van der Waals surface area contributed by atoms with E-state index < -0.39 is 0 Å². The summed E-state index contributed by atoms with van der Waals surface area (Å²) in [5.41, 5.74) is 1.10. The summed E-state index contributed by atoms with van der Waals surface area (Å²) in [6.07, 6.45) is 0.992. The Morgan fingerprint density at radius 2 is 2.12 bits per heavy atom. The molecular weight excluding hydrogens is 346 g/mol. The molecule has 5 nitrogen and oxygen atoms in total. The molecule has 0 amide bonds. The zero-order valence-corrected chi connectivity index (χ0v) is 16.9. The smallest absolute Gasteiger partial charge is 0.191 e. The van der Waals surface area contributed by atoms with Crippen LogP contribution in [0.25, 0.3) is 0 Å². The van der Waals surface area contributed by atoms with Gasteiger partial charge in [0, 0.05) is 35.8 Å². The highest BCUT2D eigenvalue weighted by molar-refractivity contribution is 7.11. The van der Waals surface area contributed by atoms with E-state index in [1.54, 1.807) is 14.2 Å². The van der Waals surface area contributed by atoms with Crippen molar-refractivity contribution in [2.24, 2.45) is 4.99 Å². The zero-order valence-electron chi connectivity index (χ0n) is 16.0. The molecule has 0 bridgehead atoms. The van der Waals surface area contributed by atoms with Crippen LogP contribution in [-0.2, 0) is 17.8 Å². The molecule has 0 saturated carbocycles. The molecule has 0 saturated heterocycles. The van der Waals surface area contributed by atoms with E-state index in [2.05, 4.69) is 41.6 Å². The van der Waals surface area contributed by atoms with Crippen molar-refractivity contribution in [3.8, 4) is 5.75 Å². The number of nitrogens with one attached hydrogen (secondary N) is 2. The van der Waals surface area contributed by atoms with Crippen LogP contribution in [-0.4, -0.2) is 39.3 Å². The molecule has 1 aromatic carbocycles. The summed E-state index contributed by atoms with van der Waals surface area (Å²) in [5.74, 6) is 1.65. The standard InChI is InChI=1S/C20H29N3O2S/c1-15(12-19-9-8-16(2)26-19)23-20(21-3)22-10-11-25-14-17-6-5-7-18(13-17)24-4/h5-9,13,15H,10-12,14H2,1-4H3,(H2,21,22,23). The molecule has 1 aromatic heterocycles. The summed E-state index contributed by atoms with van der Waals surface area (Å²) >= 11 is 1.85. The molecule has 1 heterocycles. The number of guanidine groups is 1. The molecule has 0 aliphatic carbocycles. The van der Waals surface area contributed by atoms with E-state index >= 15 is 0 Å². The third-order valence-electron chi connectivity index (χ3n) is 3.85. The van der Waals surface area contributed by atoms with Crippen molar-refractivity contribution < 1.29 is 9.47 Å². The van der Waals surface area contributed by atoms with E-state index in [1.807, 2.05) is 35.6 Å². The first kappa shape index (κ1) is 20.3. The van der Waals surface area contributed by atoms with E-state index in [-0.39, 0.29) is 0 Å². The van der Waals surface area contributed by atoms with Crippen LogP contribution in [0.5, 0.6) is 5.75 Å². The lowest BCUT2D eigenvalue weighted by atomic mass is 10.2. The highest BCUT2D eigenvalue weighted by atomic mass is 32.1. The quantitative estimate of drug-likeness (QED) is 0.401. The van der Waals surface area contributed by atoms with Crippen molar-refractivity contribution in [1.82, 2.24) is 10.6 Å². The van der Waals surface area contributed by atoms with Crippen LogP contribution >= 0.6 is 11.3 Å². The van der Waals surface area contributed by atoms with Gasteiger partial charge in [-0.1, -0.05) is 12.1 Å². The number of benzene rings is 1. The van der Waals surface area contributed by atoms with Crippen LogP contribution in [0.4, 0.5) is 0 Å². The molecule has 0 radical (unpaired) electrons. The Morgan fingerprint density at radius 1 is 1.27 bits per heavy atom. The fourth-order valence-corrected chi connectivity index (χ4v) is 3.59. The molecule has 2 N–H and O–H groups in total. The predicted octanol–water partition coefficient (Wildman–Crippen LogP) is 3.38. The molecular formula is C20H29N3O2S. The van der Waals surface area contributed by atoms with Crippen LogP contribution in [0, 0.1) is 6.92 Å². The van der Waals surface area contributed by atoms with Crippen molar-refractivity contribution >= 4 is 17.3 Å². The van der Waals surface area contributed by atoms with Crippen LogP contribution in [0.15, 0.2) is 41.4 Å². The van der Waals surface area contributed by atoms with E-state index in [9.17, 15) is 0 Å². The third-order valence-corrected chi connectivity index (χ3v) is 4.87. The van der Waals surface area contributed by atoms with Gasteiger partial charge in [-0.25, -0.2) is 0 Å². The SMILES string of the molecule is CN=C(NCCOCc1cccc(OC)c1)NC(C)Cc1ccc(C)s1. The first-order valence-electron chi connectivity index (χ1n) is 8.84. The number of hydrogen-bond acceptors (Lipinski definition) is 4. The van der Waals surface area contributed by atoms with E-state index in [4.69, 9.17) is 9.47 Å². The number of nitrogens with zero attached hydrogens (tertiary/aromatic N) is 1. The summed E-state index contributed by atoms with van der Waals surface area (Å²) in [7, 11) is 3.46. The highest BCUT2D eigenvalue weighted by Crippen LogP contribution is 2.16. The number of hydrogen-bond donors (Lipinski definition) is 2. The molecule has 0 aliphatic rings. The lowest BCUT2D eigenvalue weighted by molar-refractivity contribution is 0.125. The number of rotatable bonds is 9. The van der Waals surface area contributed by atoms with E-state index in [1.165, 1.54) is 9.75 Å². The van der Waals surface area contributed by atoms with Crippen molar-refractivity contribution in [3.05, 3.63) is 51.7 Å². The van der Waals surface area contributed by atoms with Crippen molar-refractivity contribution in [1.29, 1.82) is 0 Å². The number of ether oxygens (including phenoxy) is 2. The Labute approximate surface area is 160 Å². The molecule has 2 rings (SSSR count). The largest absolute Gasteiger partial charge is 0.497 e. The predicted molar refractivity (Wildman–Crippen MR) is 109 cm³/mol. The minimum Gasteiger partial charge on any atom is -0.497 e. The molecule has 1 unspecified atom stereocenters. The van der Waals surface area contributed by atoms with Crippen LogP contribution in [0.3, 0.4) is 0 Å². The van der Waals surface area contributed by atoms with Gasteiger partial charge in [0.05, 0.1) is 20.3 Å². The monoisotopic (exact) mass is 375 g/mol. The molecule has 0 aliphatic heterocycles. The van der Waals surface area contributed by atoms with E-state index in [0.29, 0.717) is 25.8 Å². The second kappa shape index (κ2) is 10.8. The van der Waals surface area contributed by atoms with Crippen molar-refractivity contribution in [2.45, 2.75) is 32.9 Å². The van der Waals surface area contributed by atoms with Crippen LogP contribution in [0.1, 0.15) is 22.2 Å². The van der Waals surface area contributed by atoms with Gasteiger partial charge in [-0.3, -0.25) is 4.99 Å². The lowest BCUT2D eigenvalue weighted by Gasteiger charge is -2.17. The molecule has 142 valence electrons. The molecule has 2 aromatic rings. The Bertz CT molecular complexity index is 700. The van der Waals surface area contributed by atoms with Crippen LogP contribution in [0.2, 0.25) is 0 Å². The molecule has 6 heteroatoms. The number of aryl methyl sites for hydroxylation is 1.